The van der Waals surface area contributed by atoms with Crippen molar-refractivity contribution in [3.05, 3.63) is 46.7 Å². The van der Waals surface area contributed by atoms with Crippen molar-refractivity contribution in [2.75, 3.05) is 38.7 Å². The second kappa shape index (κ2) is 7.48. The first-order valence-corrected chi connectivity index (χ1v) is 9.99. The van der Waals surface area contributed by atoms with Crippen LogP contribution in [0.3, 0.4) is 0 Å². The molecule has 2 heterocycles. The van der Waals surface area contributed by atoms with E-state index in [0.717, 1.165) is 0 Å². The molecule has 0 bridgehead atoms. The van der Waals surface area contributed by atoms with Crippen LogP contribution < -0.4 is 4.90 Å². The zero-order valence-electron chi connectivity index (χ0n) is 14.9. The van der Waals surface area contributed by atoms with Gasteiger partial charge < -0.3 is 9.64 Å². The Bertz CT molecular complexity index is 884. The SMILES string of the molecule is Cc1cccc(Cl)c1S(=O)(=O)N1CCOC(c2ccnc(N(C)C)n2)C1. The van der Waals surface area contributed by atoms with Crippen LogP contribution in [0.2, 0.25) is 5.02 Å². The van der Waals surface area contributed by atoms with Gasteiger partial charge in [0, 0.05) is 33.4 Å². The summed E-state index contributed by atoms with van der Waals surface area (Å²) in [7, 11) is -0.0331. The number of aryl methyl sites for hydroxylation is 1. The van der Waals surface area contributed by atoms with E-state index in [1.807, 2.05) is 14.1 Å². The van der Waals surface area contributed by atoms with Crippen LogP contribution in [0.5, 0.6) is 0 Å². The Kier molecular flexibility index (Phi) is 5.47. The molecule has 1 aliphatic rings. The first kappa shape index (κ1) is 19.0. The van der Waals surface area contributed by atoms with Crippen LogP contribution in [0.1, 0.15) is 17.4 Å². The smallest absolute Gasteiger partial charge is 0.244 e. The Balaban J connectivity index is 1.90. The predicted octanol–water partition coefficient (Wildman–Crippen LogP) is 2.27. The lowest BCUT2D eigenvalue weighted by atomic mass is 10.2. The van der Waals surface area contributed by atoms with E-state index in [2.05, 4.69) is 9.97 Å². The summed E-state index contributed by atoms with van der Waals surface area (Å²) >= 11 is 6.18. The molecule has 0 N–H and O–H groups in total. The van der Waals surface area contributed by atoms with Gasteiger partial charge >= 0.3 is 0 Å². The minimum atomic E-state index is -3.72. The minimum Gasteiger partial charge on any atom is -0.369 e. The molecule has 1 atom stereocenters. The van der Waals surface area contributed by atoms with Gasteiger partial charge in [-0.05, 0) is 24.6 Å². The molecule has 1 fully saturated rings. The van der Waals surface area contributed by atoms with Gasteiger partial charge in [0.25, 0.3) is 0 Å². The molecule has 1 aromatic heterocycles. The van der Waals surface area contributed by atoms with E-state index in [0.29, 0.717) is 17.2 Å². The fourth-order valence-corrected chi connectivity index (χ4v) is 5.06. The van der Waals surface area contributed by atoms with Crippen molar-refractivity contribution in [3.8, 4) is 0 Å². The molecule has 1 saturated heterocycles. The van der Waals surface area contributed by atoms with Crippen molar-refractivity contribution in [2.45, 2.75) is 17.9 Å². The number of nitrogens with zero attached hydrogens (tertiary/aromatic N) is 4. The number of hydrogen-bond acceptors (Lipinski definition) is 6. The van der Waals surface area contributed by atoms with Crippen molar-refractivity contribution < 1.29 is 13.2 Å². The maximum absolute atomic E-state index is 13.1. The summed E-state index contributed by atoms with van der Waals surface area (Å²) in [5.41, 5.74) is 1.27. The number of aromatic nitrogens is 2. The van der Waals surface area contributed by atoms with Crippen molar-refractivity contribution >= 4 is 27.6 Å². The molecule has 1 unspecified atom stereocenters. The topological polar surface area (TPSA) is 75.6 Å². The van der Waals surface area contributed by atoms with Crippen LogP contribution in [-0.2, 0) is 14.8 Å². The van der Waals surface area contributed by atoms with Crippen molar-refractivity contribution in [1.82, 2.24) is 14.3 Å². The Hall–Kier alpha value is -1.74. The van der Waals surface area contributed by atoms with Gasteiger partial charge in [-0.2, -0.15) is 4.31 Å². The van der Waals surface area contributed by atoms with Gasteiger partial charge in [0.15, 0.2) is 0 Å². The Morgan fingerprint density at radius 3 is 2.77 bits per heavy atom. The van der Waals surface area contributed by atoms with E-state index >= 15 is 0 Å². The molecule has 0 amide bonds. The number of rotatable bonds is 4. The second-order valence-electron chi connectivity index (χ2n) is 6.28. The summed E-state index contributed by atoms with van der Waals surface area (Å²) in [5, 5.41) is 0.227. The zero-order valence-corrected chi connectivity index (χ0v) is 16.5. The van der Waals surface area contributed by atoms with Gasteiger partial charge in [0.1, 0.15) is 11.0 Å². The van der Waals surface area contributed by atoms with E-state index in [1.54, 1.807) is 42.3 Å². The molecule has 9 heteroatoms. The van der Waals surface area contributed by atoms with E-state index in [9.17, 15) is 8.42 Å². The summed E-state index contributed by atoms with van der Waals surface area (Å²) in [6, 6.07) is 6.81. The van der Waals surface area contributed by atoms with E-state index < -0.39 is 16.1 Å². The summed E-state index contributed by atoms with van der Waals surface area (Å²) in [6.45, 7) is 2.48. The van der Waals surface area contributed by atoms with Crippen LogP contribution in [0.25, 0.3) is 0 Å². The van der Waals surface area contributed by atoms with Gasteiger partial charge in [-0.25, -0.2) is 18.4 Å². The van der Waals surface area contributed by atoms with Crippen LogP contribution in [0.15, 0.2) is 35.4 Å². The first-order chi connectivity index (χ1) is 12.3. The third-order valence-corrected chi connectivity index (χ3v) is 6.68. The molecule has 3 rings (SSSR count). The number of benzene rings is 1. The average molecular weight is 397 g/mol. The molecule has 7 nitrogen and oxygen atoms in total. The highest BCUT2D eigenvalue weighted by Crippen LogP contribution is 2.31. The molecule has 1 aromatic carbocycles. The van der Waals surface area contributed by atoms with Crippen molar-refractivity contribution in [3.63, 3.8) is 0 Å². The zero-order chi connectivity index (χ0) is 18.9. The number of ether oxygens (including phenoxy) is 1. The summed E-state index contributed by atoms with van der Waals surface area (Å²) in [5.74, 6) is 0.549. The molecule has 2 aromatic rings. The van der Waals surface area contributed by atoms with Crippen LogP contribution in [0.4, 0.5) is 5.95 Å². The van der Waals surface area contributed by atoms with Gasteiger partial charge in [-0.15, -0.1) is 0 Å². The Morgan fingerprint density at radius 2 is 2.08 bits per heavy atom. The fraction of sp³-hybridized carbons (Fsp3) is 0.412. The highest BCUT2D eigenvalue weighted by Gasteiger charge is 2.34. The lowest BCUT2D eigenvalue weighted by molar-refractivity contribution is -0.00496. The number of hydrogen-bond donors (Lipinski definition) is 0. The Labute approximate surface area is 158 Å². The fourth-order valence-electron chi connectivity index (χ4n) is 2.85. The molecule has 140 valence electrons. The minimum absolute atomic E-state index is 0.152. The van der Waals surface area contributed by atoms with E-state index in [1.165, 1.54) is 4.31 Å². The second-order valence-corrected chi connectivity index (χ2v) is 8.57. The van der Waals surface area contributed by atoms with Gasteiger partial charge in [-0.1, -0.05) is 23.7 Å². The molecule has 1 aliphatic heterocycles. The summed E-state index contributed by atoms with van der Waals surface area (Å²) < 4.78 is 33.4. The number of morpholine rings is 1. The normalized spacial score (nSPS) is 18.7. The maximum atomic E-state index is 13.1. The lowest BCUT2D eigenvalue weighted by Crippen LogP contribution is -2.42. The third kappa shape index (κ3) is 3.68. The average Bonchev–Trinajstić information content (AvgIpc) is 2.61. The van der Waals surface area contributed by atoms with Gasteiger partial charge in [-0.3, -0.25) is 0 Å². The highest BCUT2D eigenvalue weighted by molar-refractivity contribution is 7.89. The third-order valence-electron chi connectivity index (χ3n) is 4.19. The number of halogens is 1. The maximum Gasteiger partial charge on any atom is 0.244 e. The number of anilines is 1. The molecule has 0 radical (unpaired) electrons. The summed E-state index contributed by atoms with van der Waals surface area (Å²) in [6.07, 6.45) is 1.19. The lowest BCUT2D eigenvalue weighted by Gasteiger charge is -2.32. The molecule has 26 heavy (non-hydrogen) atoms. The van der Waals surface area contributed by atoms with Gasteiger partial charge in [0.2, 0.25) is 16.0 Å². The monoisotopic (exact) mass is 396 g/mol. The van der Waals surface area contributed by atoms with Crippen LogP contribution in [-0.4, -0.2) is 56.5 Å². The van der Waals surface area contributed by atoms with E-state index in [4.69, 9.17) is 16.3 Å². The van der Waals surface area contributed by atoms with Crippen LogP contribution in [0, 0.1) is 6.92 Å². The van der Waals surface area contributed by atoms with E-state index in [-0.39, 0.29) is 29.6 Å². The molecular weight excluding hydrogens is 376 g/mol. The first-order valence-electron chi connectivity index (χ1n) is 8.18. The Morgan fingerprint density at radius 1 is 1.31 bits per heavy atom. The number of sulfonamides is 1. The highest BCUT2D eigenvalue weighted by atomic mass is 35.5. The largest absolute Gasteiger partial charge is 0.369 e. The quantitative estimate of drug-likeness (QED) is 0.789. The molecule has 0 saturated carbocycles. The van der Waals surface area contributed by atoms with Crippen molar-refractivity contribution in [2.24, 2.45) is 0 Å². The van der Waals surface area contributed by atoms with Crippen molar-refractivity contribution in [1.29, 1.82) is 0 Å². The molecule has 0 spiro atoms. The molecule has 0 aliphatic carbocycles. The van der Waals surface area contributed by atoms with Crippen LogP contribution >= 0.6 is 11.6 Å². The predicted molar refractivity (Wildman–Crippen MR) is 100.0 cm³/mol. The summed E-state index contributed by atoms with van der Waals surface area (Å²) in [4.78, 5) is 10.6. The molecular formula is C17H21ClN4O3S. The standard InChI is InChI=1S/C17H21ClN4O3S/c1-12-5-4-6-13(18)16(12)26(23,24)22-9-10-25-15(11-22)14-7-8-19-17(20-14)21(2)3/h4-8,15H,9-11H2,1-3H3. The van der Waals surface area contributed by atoms with Gasteiger partial charge in [0.05, 0.1) is 17.3 Å².